The maximum Gasteiger partial charge on any atom is 0.267 e. The number of nitrogens with zero attached hydrogens (tertiary/aromatic N) is 2. The van der Waals surface area contributed by atoms with Crippen LogP contribution in [-0.2, 0) is 4.79 Å². The smallest absolute Gasteiger partial charge is 0.267 e. The molecular weight excluding hydrogens is 485 g/mol. The van der Waals surface area contributed by atoms with Crippen molar-refractivity contribution >= 4 is 68.1 Å². The SMILES string of the molecule is Cc1ccccc1NC(=O)CSc1nc2sc(C)c(C)c2c(=O)n1-c1ccc(Cl)c(Cl)c1. The molecule has 0 aliphatic rings. The highest BCUT2D eigenvalue weighted by Crippen LogP contribution is 2.31. The average molecular weight is 504 g/mol. The molecule has 9 heteroatoms. The fraction of sp³-hybridized carbons (Fsp3) is 0.174. The van der Waals surface area contributed by atoms with Gasteiger partial charge in [-0.05, 0) is 56.2 Å². The molecule has 2 heterocycles. The normalized spacial score (nSPS) is 11.2. The van der Waals surface area contributed by atoms with E-state index in [1.54, 1.807) is 18.2 Å². The molecule has 5 nitrogen and oxygen atoms in total. The Bertz CT molecular complexity index is 1410. The number of fused-ring (bicyclic) bond motifs is 1. The van der Waals surface area contributed by atoms with Crippen LogP contribution >= 0.6 is 46.3 Å². The molecule has 164 valence electrons. The van der Waals surface area contributed by atoms with Gasteiger partial charge in [0.15, 0.2) is 5.16 Å². The van der Waals surface area contributed by atoms with Gasteiger partial charge >= 0.3 is 0 Å². The van der Waals surface area contributed by atoms with Crippen LogP contribution in [0.4, 0.5) is 5.69 Å². The Balaban J connectivity index is 1.74. The lowest BCUT2D eigenvalue weighted by molar-refractivity contribution is -0.113. The number of hydrogen-bond donors (Lipinski definition) is 1. The van der Waals surface area contributed by atoms with Crippen molar-refractivity contribution in [2.45, 2.75) is 25.9 Å². The summed E-state index contributed by atoms with van der Waals surface area (Å²) in [6, 6.07) is 12.6. The number of thiophene rings is 1. The van der Waals surface area contributed by atoms with Crippen LogP contribution in [0, 0.1) is 20.8 Å². The molecule has 0 bridgehead atoms. The number of hydrogen-bond acceptors (Lipinski definition) is 5. The lowest BCUT2D eigenvalue weighted by Crippen LogP contribution is -2.23. The topological polar surface area (TPSA) is 64.0 Å². The number of amides is 1. The van der Waals surface area contributed by atoms with Crippen LogP contribution < -0.4 is 10.9 Å². The molecule has 1 amide bonds. The Morgan fingerprint density at radius 1 is 1.12 bits per heavy atom. The fourth-order valence-corrected chi connectivity index (χ4v) is 5.43. The van der Waals surface area contributed by atoms with Crippen molar-refractivity contribution in [1.29, 1.82) is 0 Å². The molecule has 0 atom stereocenters. The molecular formula is C23H19Cl2N3O2S2. The van der Waals surface area contributed by atoms with Crippen molar-refractivity contribution in [1.82, 2.24) is 9.55 Å². The van der Waals surface area contributed by atoms with Gasteiger partial charge in [-0.25, -0.2) is 4.98 Å². The van der Waals surface area contributed by atoms with Crippen molar-refractivity contribution < 1.29 is 4.79 Å². The Kier molecular flexibility index (Phi) is 6.62. The molecule has 0 aliphatic carbocycles. The van der Waals surface area contributed by atoms with Crippen molar-refractivity contribution in [2.75, 3.05) is 11.1 Å². The third-order valence-corrected chi connectivity index (χ3v) is 7.86. The zero-order valence-corrected chi connectivity index (χ0v) is 20.7. The lowest BCUT2D eigenvalue weighted by Gasteiger charge is -2.13. The Hall–Kier alpha value is -2.32. The van der Waals surface area contributed by atoms with E-state index < -0.39 is 0 Å². The van der Waals surface area contributed by atoms with Crippen molar-refractivity contribution in [3.05, 3.63) is 78.9 Å². The summed E-state index contributed by atoms with van der Waals surface area (Å²) in [7, 11) is 0. The number of aryl methyl sites for hydroxylation is 3. The van der Waals surface area contributed by atoms with Crippen LogP contribution in [-0.4, -0.2) is 21.2 Å². The van der Waals surface area contributed by atoms with Crippen molar-refractivity contribution in [3.8, 4) is 5.69 Å². The first-order valence-corrected chi connectivity index (χ1v) is 12.3. The van der Waals surface area contributed by atoms with Gasteiger partial charge in [-0.15, -0.1) is 11.3 Å². The number of carbonyl (C=O) groups is 1. The summed E-state index contributed by atoms with van der Waals surface area (Å²) < 4.78 is 1.50. The van der Waals surface area contributed by atoms with E-state index in [4.69, 9.17) is 28.2 Å². The highest BCUT2D eigenvalue weighted by atomic mass is 35.5. The van der Waals surface area contributed by atoms with Gasteiger partial charge in [-0.3, -0.25) is 14.2 Å². The summed E-state index contributed by atoms with van der Waals surface area (Å²) in [6.45, 7) is 5.81. The Morgan fingerprint density at radius 3 is 2.59 bits per heavy atom. The number of rotatable bonds is 5. The van der Waals surface area contributed by atoms with Crippen LogP contribution in [0.3, 0.4) is 0 Å². The summed E-state index contributed by atoms with van der Waals surface area (Å²) in [5, 5.41) is 4.64. The van der Waals surface area contributed by atoms with E-state index in [-0.39, 0.29) is 17.2 Å². The van der Waals surface area contributed by atoms with E-state index in [9.17, 15) is 9.59 Å². The van der Waals surface area contributed by atoms with Crippen molar-refractivity contribution in [3.63, 3.8) is 0 Å². The van der Waals surface area contributed by atoms with Gasteiger partial charge in [0.05, 0.1) is 26.9 Å². The molecule has 2 aromatic heterocycles. The van der Waals surface area contributed by atoms with E-state index >= 15 is 0 Å². The largest absolute Gasteiger partial charge is 0.325 e. The number of anilines is 1. The zero-order chi connectivity index (χ0) is 23.0. The van der Waals surface area contributed by atoms with E-state index in [1.165, 1.54) is 27.7 Å². The van der Waals surface area contributed by atoms with E-state index in [2.05, 4.69) is 5.32 Å². The minimum atomic E-state index is -0.197. The Morgan fingerprint density at radius 2 is 1.88 bits per heavy atom. The average Bonchev–Trinajstić information content (AvgIpc) is 3.04. The van der Waals surface area contributed by atoms with E-state index in [0.717, 1.165) is 21.7 Å². The number of halogens is 2. The highest BCUT2D eigenvalue weighted by molar-refractivity contribution is 7.99. The summed E-state index contributed by atoms with van der Waals surface area (Å²) >= 11 is 15.0. The lowest BCUT2D eigenvalue weighted by atomic mass is 10.2. The predicted octanol–water partition coefficient (Wildman–Crippen LogP) is 6.41. The molecule has 0 unspecified atom stereocenters. The molecule has 0 radical (unpaired) electrons. The van der Waals surface area contributed by atoms with Gasteiger partial charge in [-0.1, -0.05) is 53.2 Å². The van der Waals surface area contributed by atoms with Gasteiger partial charge in [0.25, 0.3) is 5.56 Å². The third-order valence-electron chi connectivity index (χ3n) is 5.09. The summed E-state index contributed by atoms with van der Waals surface area (Å²) in [4.78, 5) is 32.5. The molecule has 0 saturated carbocycles. The molecule has 4 rings (SSSR count). The second kappa shape index (κ2) is 9.27. The summed E-state index contributed by atoms with van der Waals surface area (Å²) in [5.41, 5.74) is 2.99. The molecule has 32 heavy (non-hydrogen) atoms. The number of benzene rings is 2. The quantitative estimate of drug-likeness (QED) is 0.252. The van der Waals surface area contributed by atoms with Crippen LogP contribution in [0.2, 0.25) is 10.0 Å². The van der Waals surface area contributed by atoms with Gasteiger partial charge < -0.3 is 5.32 Å². The molecule has 0 spiro atoms. The first-order chi connectivity index (χ1) is 15.3. The predicted molar refractivity (Wildman–Crippen MR) is 135 cm³/mol. The van der Waals surface area contributed by atoms with Crippen molar-refractivity contribution in [2.24, 2.45) is 0 Å². The molecule has 4 aromatic rings. The summed E-state index contributed by atoms with van der Waals surface area (Å²) in [5.74, 6) is -0.0883. The highest BCUT2D eigenvalue weighted by Gasteiger charge is 2.19. The zero-order valence-electron chi connectivity index (χ0n) is 17.5. The monoisotopic (exact) mass is 503 g/mol. The van der Waals surface area contributed by atoms with Gasteiger partial charge in [0, 0.05) is 10.6 Å². The first kappa shape index (κ1) is 22.9. The van der Waals surface area contributed by atoms with Crippen LogP contribution in [0.1, 0.15) is 16.0 Å². The molecule has 0 aliphatic heterocycles. The fourth-order valence-electron chi connectivity index (χ4n) is 3.25. The van der Waals surface area contributed by atoms with E-state index in [1.807, 2.05) is 45.0 Å². The molecule has 1 N–H and O–H groups in total. The number of nitrogens with one attached hydrogen (secondary N) is 1. The molecule has 0 fully saturated rings. The minimum Gasteiger partial charge on any atom is -0.325 e. The number of aromatic nitrogens is 2. The maximum absolute atomic E-state index is 13.5. The third kappa shape index (κ3) is 4.43. The molecule has 2 aromatic carbocycles. The standard InChI is InChI=1S/C23H19Cl2N3O2S2/c1-12-6-4-5-7-18(12)26-19(29)11-31-23-27-21-20(13(2)14(3)32-21)22(30)28(23)15-8-9-16(24)17(25)10-15/h4-10H,11H2,1-3H3,(H,26,29). The van der Waals surface area contributed by atoms with Crippen LogP contribution in [0.5, 0.6) is 0 Å². The Labute approximate surface area is 203 Å². The van der Waals surface area contributed by atoms with Gasteiger partial charge in [-0.2, -0.15) is 0 Å². The van der Waals surface area contributed by atoms with Gasteiger partial charge in [0.1, 0.15) is 4.83 Å². The number of para-hydroxylation sites is 1. The van der Waals surface area contributed by atoms with Crippen LogP contribution in [0.25, 0.3) is 15.9 Å². The number of thioether (sulfide) groups is 1. The first-order valence-electron chi connectivity index (χ1n) is 9.72. The maximum atomic E-state index is 13.5. The molecule has 0 saturated heterocycles. The second-order valence-electron chi connectivity index (χ2n) is 7.25. The summed E-state index contributed by atoms with van der Waals surface area (Å²) in [6.07, 6.45) is 0. The van der Waals surface area contributed by atoms with Crippen LogP contribution in [0.15, 0.2) is 52.4 Å². The van der Waals surface area contributed by atoms with E-state index in [0.29, 0.717) is 31.1 Å². The van der Waals surface area contributed by atoms with Gasteiger partial charge in [0.2, 0.25) is 5.91 Å². The minimum absolute atomic E-state index is 0.0942. The second-order valence-corrected chi connectivity index (χ2v) is 10.2. The number of carbonyl (C=O) groups excluding carboxylic acids is 1.